The van der Waals surface area contributed by atoms with Crippen LogP contribution in [0.4, 0.5) is 0 Å². The van der Waals surface area contributed by atoms with Crippen LogP contribution in [0.1, 0.15) is 38.2 Å². The third-order valence-electron chi connectivity index (χ3n) is 4.08. The number of para-hydroxylation sites is 1. The van der Waals surface area contributed by atoms with Gasteiger partial charge in [0.2, 0.25) is 0 Å². The predicted molar refractivity (Wildman–Crippen MR) is 74.9 cm³/mol. The molecule has 1 aromatic carbocycles. The lowest BCUT2D eigenvalue weighted by atomic mass is 9.87. The van der Waals surface area contributed by atoms with Crippen molar-refractivity contribution in [2.24, 2.45) is 5.92 Å². The van der Waals surface area contributed by atoms with Crippen LogP contribution in [0.25, 0.3) is 0 Å². The van der Waals surface area contributed by atoms with E-state index in [9.17, 15) is 0 Å². The monoisotopic (exact) mass is 248 g/mol. The quantitative estimate of drug-likeness (QED) is 0.850. The minimum Gasteiger partial charge on any atom is -0.496 e. The topological polar surface area (TPSA) is 25.8 Å². The number of quaternary nitrogens is 1. The van der Waals surface area contributed by atoms with E-state index in [2.05, 4.69) is 30.4 Å². The SMILES string of the molecule is COc1ccccc1CC[NH2+][C@H]1CCC[C@@H](C)C1. The van der Waals surface area contributed by atoms with Crippen molar-refractivity contribution < 1.29 is 10.1 Å². The van der Waals surface area contributed by atoms with Crippen molar-refractivity contribution in [1.29, 1.82) is 0 Å². The van der Waals surface area contributed by atoms with Gasteiger partial charge in [0.15, 0.2) is 0 Å². The molecule has 0 amide bonds. The fourth-order valence-corrected chi connectivity index (χ4v) is 3.08. The van der Waals surface area contributed by atoms with Crippen LogP contribution < -0.4 is 10.1 Å². The third-order valence-corrected chi connectivity index (χ3v) is 4.08. The highest BCUT2D eigenvalue weighted by Gasteiger charge is 2.20. The summed E-state index contributed by atoms with van der Waals surface area (Å²) in [6.07, 6.45) is 6.74. The van der Waals surface area contributed by atoms with Gasteiger partial charge >= 0.3 is 0 Å². The lowest BCUT2D eigenvalue weighted by Crippen LogP contribution is -2.90. The van der Waals surface area contributed by atoms with E-state index in [0.29, 0.717) is 0 Å². The van der Waals surface area contributed by atoms with Gasteiger partial charge in [-0.15, -0.1) is 0 Å². The van der Waals surface area contributed by atoms with Gasteiger partial charge in [-0.25, -0.2) is 0 Å². The van der Waals surface area contributed by atoms with Crippen molar-refractivity contribution in [3.05, 3.63) is 29.8 Å². The first-order valence-electron chi connectivity index (χ1n) is 7.25. The van der Waals surface area contributed by atoms with Gasteiger partial charge in [-0.3, -0.25) is 0 Å². The minimum absolute atomic E-state index is 0.850. The molecule has 18 heavy (non-hydrogen) atoms. The Hall–Kier alpha value is -1.02. The second-order valence-electron chi connectivity index (χ2n) is 5.62. The normalized spacial score (nSPS) is 23.9. The molecule has 2 rings (SSSR count). The summed E-state index contributed by atoms with van der Waals surface area (Å²) in [7, 11) is 1.76. The Morgan fingerprint density at radius 2 is 2.11 bits per heavy atom. The Morgan fingerprint density at radius 3 is 2.89 bits per heavy atom. The zero-order chi connectivity index (χ0) is 12.8. The van der Waals surface area contributed by atoms with Gasteiger partial charge in [0.25, 0.3) is 0 Å². The first-order chi connectivity index (χ1) is 8.79. The number of nitrogens with two attached hydrogens (primary N) is 1. The van der Waals surface area contributed by atoms with E-state index in [1.165, 1.54) is 37.8 Å². The minimum atomic E-state index is 0.850. The number of rotatable bonds is 5. The number of methoxy groups -OCH3 is 1. The van der Waals surface area contributed by atoms with Gasteiger partial charge in [0, 0.05) is 12.8 Å². The molecule has 1 saturated carbocycles. The first-order valence-corrected chi connectivity index (χ1v) is 7.25. The van der Waals surface area contributed by atoms with Crippen molar-refractivity contribution in [3.63, 3.8) is 0 Å². The van der Waals surface area contributed by atoms with Crippen molar-refractivity contribution in [2.45, 2.75) is 45.1 Å². The highest BCUT2D eigenvalue weighted by atomic mass is 16.5. The van der Waals surface area contributed by atoms with Gasteiger partial charge in [0.1, 0.15) is 5.75 Å². The fraction of sp³-hybridized carbons (Fsp3) is 0.625. The number of hydrogen-bond donors (Lipinski definition) is 1. The molecule has 1 fully saturated rings. The van der Waals surface area contributed by atoms with Crippen molar-refractivity contribution in [2.75, 3.05) is 13.7 Å². The highest BCUT2D eigenvalue weighted by molar-refractivity contribution is 5.33. The average molecular weight is 248 g/mol. The molecule has 0 aromatic heterocycles. The summed E-state index contributed by atoms with van der Waals surface area (Å²) in [5.74, 6) is 1.95. The van der Waals surface area contributed by atoms with E-state index in [1.54, 1.807) is 7.11 Å². The Morgan fingerprint density at radius 1 is 1.28 bits per heavy atom. The molecule has 2 heteroatoms. The van der Waals surface area contributed by atoms with Crippen LogP contribution in [0.15, 0.2) is 24.3 Å². The van der Waals surface area contributed by atoms with Gasteiger partial charge in [0.05, 0.1) is 19.7 Å². The largest absolute Gasteiger partial charge is 0.496 e. The molecule has 0 unspecified atom stereocenters. The van der Waals surface area contributed by atoms with Crippen LogP contribution >= 0.6 is 0 Å². The number of ether oxygens (including phenoxy) is 1. The van der Waals surface area contributed by atoms with E-state index in [1.807, 2.05) is 6.07 Å². The molecule has 0 saturated heterocycles. The second-order valence-corrected chi connectivity index (χ2v) is 5.62. The molecule has 0 aliphatic heterocycles. The number of benzene rings is 1. The lowest BCUT2D eigenvalue weighted by molar-refractivity contribution is -0.692. The predicted octanol–water partition coefficient (Wildman–Crippen LogP) is 2.38. The van der Waals surface area contributed by atoms with Crippen LogP contribution in [0.3, 0.4) is 0 Å². The zero-order valence-corrected chi connectivity index (χ0v) is 11.7. The Bertz CT molecular complexity index is 364. The van der Waals surface area contributed by atoms with Crippen molar-refractivity contribution in [1.82, 2.24) is 0 Å². The highest BCUT2D eigenvalue weighted by Crippen LogP contribution is 2.21. The molecule has 2 N–H and O–H groups in total. The van der Waals surface area contributed by atoms with E-state index in [4.69, 9.17) is 4.74 Å². The summed E-state index contributed by atoms with van der Waals surface area (Å²) in [6.45, 7) is 3.57. The molecule has 2 nitrogen and oxygen atoms in total. The fourth-order valence-electron chi connectivity index (χ4n) is 3.08. The maximum absolute atomic E-state index is 5.39. The summed E-state index contributed by atoms with van der Waals surface area (Å²) >= 11 is 0. The smallest absolute Gasteiger partial charge is 0.122 e. The van der Waals surface area contributed by atoms with Crippen LogP contribution in [0, 0.1) is 5.92 Å². The molecule has 1 aromatic rings. The van der Waals surface area contributed by atoms with Crippen LogP contribution in [-0.2, 0) is 6.42 Å². The Labute approximate surface area is 111 Å². The van der Waals surface area contributed by atoms with Gasteiger partial charge in [-0.1, -0.05) is 31.5 Å². The second kappa shape index (κ2) is 6.79. The molecule has 0 spiro atoms. The maximum Gasteiger partial charge on any atom is 0.122 e. The van der Waals surface area contributed by atoms with Gasteiger partial charge < -0.3 is 10.1 Å². The molecule has 0 radical (unpaired) electrons. The maximum atomic E-state index is 5.39. The van der Waals surface area contributed by atoms with E-state index in [-0.39, 0.29) is 0 Å². The van der Waals surface area contributed by atoms with Crippen molar-refractivity contribution >= 4 is 0 Å². The molecule has 100 valence electrons. The number of hydrogen-bond acceptors (Lipinski definition) is 1. The molecular weight excluding hydrogens is 222 g/mol. The van der Waals surface area contributed by atoms with Crippen LogP contribution in [-0.4, -0.2) is 19.7 Å². The van der Waals surface area contributed by atoms with Crippen LogP contribution in [0.2, 0.25) is 0 Å². The average Bonchev–Trinajstić information content (AvgIpc) is 2.39. The van der Waals surface area contributed by atoms with Crippen LogP contribution in [0.5, 0.6) is 5.75 Å². The summed E-state index contributed by atoms with van der Waals surface area (Å²) in [5.41, 5.74) is 1.33. The van der Waals surface area contributed by atoms with Crippen molar-refractivity contribution in [3.8, 4) is 5.75 Å². The zero-order valence-electron chi connectivity index (χ0n) is 11.7. The first kappa shape index (κ1) is 13.4. The molecule has 0 heterocycles. The van der Waals surface area contributed by atoms with Gasteiger partial charge in [-0.2, -0.15) is 0 Å². The standard InChI is InChI=1S/C16H25NO/c1-13-6-5-8-15(12-13)17-11-10-14-7-3-4-9-16(14)18-2/h3-4,7,9,13,15,17H,5-6,8,10-12H2,1-2H3/p+1/t13-,15+/m1/s1. The Balaban J connectivity index is 1.77. The summed E-state index contributed by atoms with van der Waals surface area (Å²) in [5, 5.41) is 2.54. The summed E-state index contributed by atoms with van der Waals surface area (Å²) in [6, 6.07) is 9.22. The van der Waals surface area contributed by atoms with Gasteiger partial charge in [-0.05, 0) is 30.4 Å². The molecular formula is C16H26NO+. The van der Waals surface area contributed by atoms with E-state index >= 15 is 0 Å². The summed E-state index contributed by atoms with van der Waals surface area (Å²) < 4.78 is 5.39. The van der Waals surface area contributed by atoms with E-state index in [0.717, 1.165) is 24.1 Å². The lowest BCUT2D eigenvalue weighted by Gasteiger charge is -2.25. The molecule has 1 aliphatic rings. The van der Waals surface area contributed by atoms with E-state index < -0.39 is 0 Å². The molecule has 0 bridgehead atoms. The third kappa shape index (κ3) is 3.74. The molecule has 1 aliphatic carbocycles. The Kier molecular flexibility index (Phi) is 5.06. The summed E-state index contributed by atoms with van der Waals surface area (Å²) in [4.78, 5) is 0. The molecule has 2 atom stereocenters.